The van der Waals surface area contributed by atoms with Crippen LogP contribution in [0.2, 0.25) is 7.85 Å². The number of carbonyl (C=O) groups excluding carboxylic acids is 2. The summed E-state index contributed by atoms with van der Waals surface area (Å²) in [6.07, 6.45) is 3.49. The molecule has 0 bridgehead atoms. The van der Waals surface area contributed by atoms with Crippen molar-refractivity contribution in [2.45, 2.75) is 14.3 Å². The third-order valence-electron chi connectivity index (χ3n) is 3.13. The predicted molar refractivity (Wildman–Crippen MR) is 69.8 cm³/mol. The van der Waals surface area contributed by atoms with E-state index in [1.54, 1.807) is 0 Å². The van der Waals surface area contributed by atoms with Crippen molar-refractivity contribution in [1.82, 2.24) is 0 Å². The third-order valence-corrected chi connectivity index (χ3v) is 13.2. The van der Waals surface area contributed by atoms with E-state index in [1.165, 1.54) is 3.32 Å². The van der Waals surface area contributed by atoms with Gasteiger partial charge in [-0.1, -0.05) is 0 Å². The number of benzene rings is 1. The number of ether oxygens (including phenoxy) is 1. The van der Waals surface area contributed by atoms with E-state index in [0.29, 0.717) is 0 Å². The fourth-order valence-corrected chi connectivity index (χ4v) is 11.4. The van der Waals surface area contributed by atoms with Crippen molar-refractivity contribution in [3.8, 4) is 0 Å². The molecule has 0 fully saturated rings. The Morgan fingerprint density at radius 1 is 1.33 bits per heavy atom. The Balaban J connectivity index is 2.02. The Kier molecular flexibility index (Phi) is 4.47. The first-order valence-corrected chi connectivity index (χ1v) is 11.8. The van der Waals surface area contributed by atoms with E-state index in [0.717, 1.165) is 4.18 Å². The van der Waals surface area contributed by atoms with E-state index in [2.05, 4.69) is 29.0 Å². The van der Waals surface area contributed by atoms with Crippen LogP contribution in [0.25, 0.3) is 0 Å². The van der Waals surface area contributed by atoms with Crippen LogP contribution in [-0.4, -0.2) is 33.5 Å². The van der Waals surface area contributed by atoms with Crippen molar-refractivity contribution in [3.05, 3.63) is 42.5 Å². The van der Waals surface area contributed by atoms with Gasteiger partial charge in [-0.2, -0.15) is 0 Å². The average Bonchev–Trinajstić information content (AvgIpc) is 2.77. The fourth-order valence-electron chi connectivity index (χ4n) is 2.35. The summed E-state index contributed by atoms with van der Waals surface area (Å²) in [6.45, 7) is 0. The second-order valence-corrected chi connectivity index (χ2v) is 13.5. The first-order chi connectivity index (χ1) is 8.66. The van der Waals surface area contributed by atoms with Crippen molar-refractivity contribution in [1.29, 1.82) is 0 Å². The predicted octanol–water partition coefficient (Wildman–Crippen LogP) is 1.34. The normalized spacial score (nSPS) is 17.8. The van der Waals surface area contributed by atoms with Crippen molar-refractivity contribution in [2.75, 3.05) is 0 Å². The molecule has 92 valence electrons. The number of allylic oxidation sites excluding steroid dienone is 2. The topological polar surface area (TPSA) is 69.4 Å². The minimum absolute atomic E-state index is 0.273. The van der Waals surface area contributed by atoms with Crippen molar-refractivity contribution < 1.29 is 14.3 Å². The fraction of sp³-hybridized carbons (Fsp3) is 0.231. The van der Waals surface area contributed by atoms with Crippen LogP contribution in [0, 0.1) is 0 Å². The summed E-state index contributed by atoms with van der Waals surface area (Å²) in [6, 6.07) is 10.3. The molecule has 0 saturated carbocycles. The molecular weight excluding hydrogens is 333 g/mol. The number of rotatable bonds is 3. The molecule has 1 aliphatic heterocycles. The first kappa shape index (κ1) is 13.2. The summed E-state index contributed by atoms with van der Waals surface area (Å²) in [5.74, 6) is -0.517. The maximum absolute atomic E-state index is 11.5. The molecule has 5 heteroatoms. The summed E-state index contributed by atoms with van der Waals surface area (Å²) < 4.78 is 7.19. The van der Waals surface area contributed by atoms with Gasteiger partial charge in [0.05, 0.1) is 0 Å². The van der Waals surface area contributed by atoms with Crippen LogP contribution in [0.3, 0.4) is 0 Å². The van der Waals surface area contributed by atoms with Crippen LogP contribution in [0.5, 0.6) is 0 Å². The third kappa shape index (κ3) is 3.38. The molecule has 0 spiro atoms. The number of nitrogens with two attached hydrogens (primary N) is 1. The van der Waals surface area contributed by atoms with Crippen LogP contribution in [-0.2, 0) is 9.53 Å². The molecule has 1 atom stereocenters. The van der Waals surface area contributed by atoms with Gasteiger partial charge in [-0.05, 0) is 0 Å². The van der Waals surface area contributed by atoms with E-state index in [4.69, 9.17) is 5.73 Å². The molecule has 1 unspecified atom stereocenters. The van der Waals surface area contributed by atoms with Crippen LogP contribution in [0.15, 0.2) is 42.5 Å². The van der Waals surface area contributed by atoms with E-state index in [-0.39, 0.29) is 10.1 Å². The summed E-state index contributed by atoms with van der Waals surface area (Å²) >= 11 is -1.98. The molecule has 0 aromatic heterocycles. The van der Waals surface area contributed by atoms with Gasteiger partial charge < -0.3 is 0 Å². The molecule has 0 saturated heterocycles. The molecule has 2 rings (SSSR count). The van der Waals surface area contributed by atoms with Gasteiger partial charge >= 0.3 is 114 Å². The van der Waals surface area contributed by atoms with Gasteiger partial charge in [-0.15, -0.1) is 0 Å². The molecule has 1 aromatic carbocycles. The second kappa shape index (κ2) is 6.09. The van der Waals surface area contributed by atoms with Gasteiger partial charge in [0, 0.05) is 0 Å². The minimum atomic E-state index is -1.98. The summed E-state index contributed by atoms with van der Waals surface area (Å²) in [5, 5.41) is 0. The Hall–Kier alpha value is -1.23. The van der Waals surface area contributed by atoms with E-state index >= 15 is 0 Å². The van der Waals surface area contributed by atoms with Gasteiger partial charge in [-0.25, -0.2) is 0 Å². The monoisotopic (exact) mass is 347 g/mol. The van der Waals surface area contributed by atoms with Crippen molar-refractivity contribution in [2.24, 2.45) is 5.73 Å². The number of amides is 1. The molecule has 0 radical (unpaired) electrons. The van der Waals surface area contributed by atoms with E-state index in [1.807, 2.05) is 18.2 Å². The van der Waals surface area contributed by atoms with Gasteiger partial charge in [0.25, 0.3) is 0 Å². The number of carbonyl (C=O) groups is 2. The molecule has 1 aliphatic rings. The SMILES string of the molecule is NC(=O)OC(=O)C[CH]1C=C[CH2][In]1[c]1ccccc1. The first-order valence-electron chi connectivity index (χ1n) is 5.88. The molecule has 1 heterocycles. The van der Waals surface area contributed by atoms with Crippen LogP contribution >= 0.6 is 0 Å². The zero-order valence-corrected chi connectivity index (χ0v) is 13.2. The molecule has 18 heavy (non-hydrogen) atoms. The van der Waals surface area contributed by atoms with Crippen LogP contribution < -0.4 is 9.05 Å². The summed E-state index contributed by atoms with van der Waals surface area (Å²) in [4.78, 5) is 22.0. The maximum atomic E-state index is 11.5. The zero-order valence-electron chi connectivity index (χ0n) is 9.91. The Labute approximate surface area is 113 Å². The summed E-state index contributed by atoms with van der Waals surface area (Å²) in [7, 11) is 0. The molecular formula is C13H14InNO3. The van der Waals surface area contributed by atoms with Crippen molar-refractivity contribution in [3.63, 3.8) is 0 Å². The van der Waals surface area contributed by atoms with Gasteiger partial charge in [0.2, 0.25) is 0 Å². The van der Waals surface area contributed by atoms with E-state index in [9.17, 15) is 9.59 Å². The average molecular weight is 347 g/mol. The van der Waals surface area contributed by atoms with E-state index < -0.39 is 33.5 Å². The molecule has 0 aliphatic carbocycles. The Morgan fingerprint density at radius 3 is 2.72 bits per heavy atom. The van der Waals surface area contributed by atoms with Gasteiger partial charge in [-0.3, -0.25) is 0 Å². The van der Waals surface area contributed by atoms with Gasteiger partial charge in [0.15, 0.2) is 0 Å². The van der Waals surface area contributed by atoms with Crippen LogP contribution in [0.4, 0.5) is 4.79 Å². The standard InChI is InChI=1S/C7H9NO3.C6H5.In/c1-2-3-4-5-6(9)11-7(8)10;1-2-4-6-5-3-1;/h2-4H,1,5H2,(H2,8,10);1-5H;. The Morgan fingerprint density at radius 2 is 2.06 bits per heavy atom. The molecule has 1 amide bonds. The second-order valence-electron chi connectivity index (χ2n) is 4.34. The number of hydrogen-bond donors (Lipinski definition) is 1. The van der Waals surface area contributed by atoms with Crippen LogP contribution in [0.1, 0.15) is 6.42 Å². The number of hydrogen-bond acceptors (Lipinski definition) is 3. The summed E-state index contributed by atoms with van der Waals surface area (Å²) in [5.41, 5.74) is 4.83. The van der Waals surface area contributed by atoms with Gasteiger partial charge in [0.1, 0.15) is 0 Å². The molecule has 4 nitrogen and oxygen atoms in total. The van der Waals surface area contributed by atoms with Crippen molar-refractivity contribution >= 4 is 36.8 Å². The quantitative estimate of drug-likeness (QED) is 0.510. The zero-order chi connectivity index (χ0) is 13.0. The number of esters is 1. The Bertz CT molecular complexity index is 472. The number of primary amides is 1. The molecule has 1 aromatic rings. The molecule has 2 N–H and O–H groups in total.